The minimum Gasteiger partial charge on any atom is -0.300 e. The third kappa shape index (κ3) is 8.65. The van der Waals surface area contributed by atoms with Crippen LogP contribution in [0.15, 0.2) is 0 Å². The molecular formula is C14H27O. The fourth-order valence-electron chi connectivity index (χ4n) is 1.88. The number of unbranched alkanes of at least 4 members (excludes halogenated alkanes) is 5. The minimum absolute atomic E-state index is 0.339. The Morgan fingerprint density at radius 3 is 2.33 bits per heavy atom. The number of carbonyl (C=O) groups is 1. The molecule has 0 spiro atoms. The Hall–Kier alpha value is -0.330. The average molecular weight is 211 g/mol. The van der Waals surface area contributed by atoms with Gasteiger partial charge in [-0.15, -0.1) is 0 Å². The highest BCUT2D eigenvalue weighted by atomic mass is 16.1. The van der Waals surface area contributed by atoms with Gasteiger partial charge in [-0.05, 0) is 26.2 Å². The normalized spacial score (nSPS) is 12.7. The molecule has 1 atom stereocenters. The van der Waals surface area contributed by atoms with E-state index in [0.717, 1.165) is 12.8 Å². The number of ketones is 1. The molecule has 1 heteroatoms. The van der Waals surface area contributed by atoms with Crippen LogP contribution in [0.1, 0.15) is 72.1 Å². The van der Waals surface area contributed by atoms with Gasteiger partial charge in [0.05, 0.1) is 0 Å². The minimum atomic E-state index is 0.339. The van der Waals surface area contributed by atoms with E-state index in [4.69, 9.17) is 0 Å². The molecule has 0 aromatic carbocycles. The first kappa shape index (κ1) is 14.7. The molecule has 1 radical (unpaired) electrons. The molecule has 0 aliphatic heterocycles. The second-order valence-electron chi connectivity index (χ2n) is 4.43. The largest absolute Gasteiger partial charge is 0.300 e. The lowest BCUT2D eigenvalue weighted by Crippen LogP contribution is -2.10. The smallest absolute Gasteiger partial charge is 0.132 e. The molecule has 89 valence electrons. The Balaban J connectivity index is 3.53. The summed E-state index contributed by atoms with van der Waals surface area (Å²) < 4.78 is 0. The maximum Gasteiger partial charge on any atom is 0.132 e. The molecule has 0 heterocycles. The number of carbonyl (C=O) groups excluding carboxylic acids is 1. The first-order valence-electron chi connectivity index (χ1n) is 6.54. The van der Waals surface area contributed by atoms with Gasteiger partial charge in [0, 0.05) is 5.92 Å². The van der Waals surface area contributed by atoms with Crippen molar-refractivity contribution in [3.8, 4) is 0 Å². The molecule has 0 aliphatic rings. The lowest BCUT2D eigenvalue weighted by molar-refractivity contribution is -0.121. The molecule has 0 N–H and O–H groups in total. The fraction of sp³-hybridized carbons (Fsp3) is 0.857. The molecule has 0 fully saturated rings. The van der Waals surface area contributed by atoms with Gasteiger partial charge < -0.3 is 0 Å². The quantitative estimate of drug-likeness (QED) is 0.484. The first-order valence-corrected chi connectivity index (χ1v) is 6.54. The molecule has 0 aromatic rings. The molecule has 0 aromatic heterocycles. The number of Topliss-reactive ketones (excluding diaryl/α,β-unsaturated/α-hetero) is 1. The van der Waals surface area contributed by atoms with Crippen LogP contribution < -0.4 is 0 Å². The Morgan fingerprint density at radius 1 is 1.13 bits per heavy atom. The summed E-state index contributed by atoms with van der Waals surface area (Å²) in [5.41, 5.74) is 0. The summed E-state index contributed by atoms with van der Waals surface area (Å²) in [6.45, 7) is 6.12. The van der Waals surface area contributed by atoms with E-state index in [2.05, 4.69) is 20.3 Å². The average Bonchev–Trinajstić information content (AvgIpc) is 2.21. The van der Waals surface area contributed by atoms with Gasteiger partial charge in [0.2, 0.25) is 0 Å². The Labute approximate surface area is 95.6 Å². The van der Waals surface area contributed by atoms with Crippen molar-refractivity contribution in [1.82, 2.24) is 0 Å². The van der Waals surface area contributed by atoms with Gasteiger partial charge in [0.1, 0.15) is 5.78 Å². The van der Waals surface area contributed by atoms with Crippen molar-refractivity contribution in [1.29, 1.82) is 0 Å². The predicted molar refractivity (Wildman–Crippen MR) is 66.8 cm³/mol. The molecule has 0 aliphatic carbocycles. The summed E-state index contributed by atoms with van der Waals surface area (Å²) in [7, 11) is 0. The molecule has 0 amide bonds. The maximum atomic E-state index is 11.4. The van der Waals surface area contributed by atoms with Crippen LogP contribution in [0.2, 0.25) is 0 Å². The van der Waals surface area contributed by atoms with E-state index in [1.807, 2.05) is 0 Å². The van der Waals surface area contributed by atoms with Gasteiger partial charge in [-0.3, -0.25) is 4.79 Å². The molecule has 1 nitrogen and oxygen atoms in total. The summed E-state index contributed by atoms with van der Waals surface area (Å²) in [6, 6.07) is 0. The number of rotatable bonds is 10. The first-order chi connectivity index (χ1) is 7.22. The fourth-order valence-corrected chi connectivity index (χ4v) is 1.88. The monoisotopic (exact) mass is 211 g/mol. The lowest BCUT2D eigenvalue weighted by atomic mass is 9.92. The standard InChI is InChI=1S/C14H27O/c1-4-6-8-9-10-12-14(13(3)15)11-7-5-2/h6,14H,4-5,7-12H2,1-3H3. The zero-order valence-corrected chi connectivity index (χ0v) is 10.7. The van der Waals surface area contributed by atoms with Gasteiger partial charge >= 0.3 is 0 Å². The third-order valence-corrected chi connectivity index (χ3v) is 2.98. The van der Waals surface area contributed by atoms with Crippen LogP contribution >= 0.6 is 0 Å². The number of hydrogen-bond donors (Lipinski definition) is 0. The molecule has 1 unspecified atom stereocenters. The molecule has 15 heavy (non-hydrogen) atoms. The van der Waals surface area contributed by atoms with E-state index in [9.17, 15) is 4.79 Å². The van der Waals surface area contributed by atoms with E-state index < -0.39 is 0 Å². The van der Waals surface area contributed by atoms with Crippen molar-refractivity contribution < 1.29 is 4.79 Å². The zero-order chi connectivity index (χ0) is 11.5. The molecule has 0 rings (SSSR count). The SMILES string of the molecule is CC[CH]CCCCC(CCCC)C(C)=O. The summed E-state index contributed by atoms with van der Waals surface area (Å²) in [4.78, 5) is 11.4. The van der Waals surface area contributed by atoms with E-state index in [-0.39, 0.29) is 0 Å². The van der Waals surface area contributed by atoms with Gasteiger partial charge in [-0.25, -0.2) is 0 Å². The van der Waals surface area contributed by atoms with Crippen LogP contribution in [0, 0.1) is 12.3 Å². The molecule has 0 saturated carbocycles. The molecule has 0 bridgehead atoms. The van der Waals surface area contributed by atoms with Crippen LogP contribution in [0.5, 0.6) is 0 Å². The maximum absolute atomic E-state index is 11.4. The van der Waals surface area contributed by atoms with E-state index in [1.165, 1.54) is 38.5 Å². The van der Waals surface area contributed by atoms with Crippen molar-refractivity contribution in [3.05, 3.63) is 6.42 Å². The van der Waals surface area contributed by atoms with Crippen molar-refractivity contribution in [3.63, 3.8) is 0 Å². The van der Waals surface area contributed by atoms with Gasteiger partial charge in [-0.1, -0.05) is 52.4 Å². The highest BCUT2D eigenvalue weighted by Crippen LogP contribution is 2.18. The van der Waals surface area contributed by atoms with Gasteiger partial charge in [0.15, 0.2) is 0 Å². The third-order valence-electron chi connectivity index (χ3n) is 2.98. The van der Waals surface area contributed by atoms with E-state index in [1.54, 1.807) is 6.92 Å². The Kier molecular flexibility index (Phi) is 9.97. The predicted octanol–water partition coefficient (Wildman–Crippen LogP) is 4.56. The summed E-state index contributed by atoms with van der Waals surface area (Å²) in [5.74, 6) is 0.731. The van der Waals surface area contributed by atoms with Gasteiger partial charge in [0.25, 0.3) is 0 Å². The van der Waals surface area contributed by atoms with E-state index in [0.29, 0.717) is 11.7 Å². The lowest BCUT2D eigenvalue weighted by Gasteiger charge is -2.12. The highest BCUT2D eigenvalue weighted by molar-refractivity contribution is 5.78. The molecular weight excluding hydrogens is 184 g/mol. The van der Waals surface area contributed by atoms with Crippen molar-refractivity contribution >= 4 is 5.78 Å². The summed E-state index contributed by atoms with van der Waals surface area (Å²) in [5, 5.41) is 0. The number of hydrogen-bond acceptors (Lipinski definition) is 1. The summed E-state index contributed by atoms with van der Waals surface area (Å²) >= 11 is 0. The van der Waals surface area contributed by atoms with Crippen molar-refractivity contribution in [2.45, 2.75) is 72.1 Å². The van der Waals surface area contributed by atoms with Crippen LogP contribution in [-0.2, 0) is 4.79 Å². The van der Waals surface area contributed by atoms with Crippen molar-refractivity contribution in [2.75, 3.05) is 0 Å². The van der Waals surface area contributed by atoms with Crippen molar-refractivity contribution in [2.24, 2.45) is 5.92 Å². The summed E-state index contributed by atoms with van der Waals surface area (Å²) in [6.07, 6.45) is 11.8. The second kappa shape index (κ2) is 10.2. The Morgan fingerprint density at radius 2 is 1.80 bits per heavy atom. The highest BCUT2D eigenvalue weighted by Gasteiger charge is 2.12. The second-order valence-corrected chi connectivity index (χ2v) is 4.43. The van der Waals surface area contributed by atoms with E-state index >= 15 is 0 Å². The molecule has 0 saturated heterocycles. The Bertz CT molecular complexity index is 151. The van der Waals surface area contributed by atoms with Crippen LogP contribution in [0.3, 0.4) is 0 Å². The van der Waals surface area contributed by atoms with Crippen LogP contribution in [-0.4, -0.2) is 5.78 Å². The van der Waals surface area contributed by atoms with Crippen LogP contribution in [0.4, 0.5) is 0 Å². The van der Waals surface area contributed by atoms with Crippen LogP contribution in [0.25, 0.3) is 0 Å². The van der Waals surface area contributed by atoms with Gasteiger partial charge in [-0.2, -0.15) is 0 Å². The topological polar surface area (TPSA) is 17.1 Å². The zero-order valence-electron chi connectivity index (χ0n) is 10.7.